The van der Waals surface area contributed by atoms with Crippen LogP contribution in [0, 0.1) is 5.92 Å². The van der Waals surface area contributed by atoms with Crippen LogP contribution in [0.5, 0.6) is 0 Å². The number of rotatable bonds is 3. The van der Waals surface area contributed by atoms with Gasteiger partial charge in [0.2, 0.25) is 0 Å². The molecule has 1 fully saturated rings. The Balaban J connectivity index is 1.51. The lowest BCUT2D eigenvalue weighted by atomic mass is 9.90. The van der Waals surface area contributed by atoms with Gasteiger partial charge in [-0.25, -0.2) is 4.98 Å². The summed E-state index contributed by atoms with van der Waals surface area (Å²) in [5.74, 6) is 1.82. The third-order valence-corrected chi connectivity index (χ3v) is 5.89. The zero-order valence-electron chi connectivity index (χ0n) is 14.2. The first-order valence-corrected chi connectivity index (χ1v) is 9.63. The van der Waals surface area contributed by atoms with Gasteiger partial charge in [-0.2, -0.15) is 0 Å². The zero-order chi connectivity index (χ0) is 17.2. The molecule has 0 radical (unpaired) electrons. The van der Waals surface area contributed by atoms with Crippen molar-refractivity contribution in [2.45, 2.75) is 19.3 Å². The van der Waals surface area contributed by atoms with Gasteiger partial charge in [0.25, 0.3) is 0 Å². The second-order valence-electron chi connectivity index (χ2n) is 6.81. The molecule has 0 amide bonds. The minimum absolute atomic E-state index is 0.757. The van der Waals surface area contributed by atoms with Gasteiger partial charge in [0, 0.05) is 34.5 Å². The number of aromatic nitrogens is 1. The fourth-order valence-electron chi connectivity index (χ4n) is 3.78. The van der Waals surface area contributed by atoms with Crippen LogP contribution in [0.3, 0.4) is 0 Å². The first-order valence-electron chi connectivity index (χ1n) is 8.84. The minimum atomic E-state index is 0.757. The van der Waals surface area contributed by atoms with Crippen molar-refractivity contribution < 1.29 is 0 Å². The topological polar surface area (TPSA) is 42.1 Å². The summed E-state index contributed by atoms with van der Waals surface area (Å²) >= 11 is 3.52. The Morgan fingerprint density at radius 1 is 1.00 bits per heavy atom. The monoisotopic (exact) mass is 395 g/mol. The van der Waals surface area contributed by atoms with E-state index in [0.29, 0.717) is 0 Å². The summed E-state index contributed by atoms with van der Waals surface area (Å²) in [7, 11) is 0. The van der Waals surface area contributed by atoms with Gasteiger partial charge in [-0.05, 0) is 64.9 Å². The standard InChI is InChI=1S/C21H22BrN3/c22-19-7-6-18-17(20(19)23)8-11-24-21(18)25-12-9-16(10-13-25)14-15-4-2-1-3-5-15/h1-8,11,16H,9-10,12-14,23H2. The van der Waals surface area contributed by atoms with E-state index in [1.807, 2.05) is 18.3 Å². The molecule has 0 atom stereocenters. The second kappa shape index (κ2) is 7.04. The third-order valence-electron chi connectivity index (χ3n) is 5.19. The number of hydrogen-bond donors (Lipinski definition) is 1. The highest BCUT2D eigenvalue weighted by Crippen LogP contribution is 2.34. The highest BCUT2D eigenvalue weighted by atomic mass is 79.9. The van der Waals surface area contributed by atoms with E-state index in [0.717, 1.165) is 45.8 Å². The van der Waals surface area contributed by atoms with Crippen molar-refractivity contribution in [3.05, 3.63) is 64.8 Å². The molecule has 0 aliphatic carbocycles. The van der Waals surface area contributed by atoms with Crippen molar-refractivity contribution >= 4 is 38.2 Å². The lowest BCUT2D eigenvalue weighted by molar-refractivity contribution is 0.403. The van der Waals surface area contributed by atoms with Crippen LogP contribution in [-0.4, -0.2) is 18.1 Å². The maximum absolute atomic E-state index is 6.23. The number of pyridine rings is 1. The van der Waals surface area contributed by atoms with E-state index in [1.54, 1.807) is 0 Å². The van der Waals surface area contributed by atoms with Crippen LogP contribution >= 0.6 is 15.9 Å². The molecule has 3 nitrogen and oxygen atoms in total. The Morgan fingerprint density at radius 2 is 1.76 bits per heavy atom. The number of hydrogen-bond acceptors (Lipinski definition) is 3. The zero-order valence-corrected chi connectivity index (χ0v) is 15.7. The van der Waals surface area contributed by atoms with Gasteiger partial charge in [0.1, 0.15) is 5.82 Å². The van der Waals surface area contributed by atoms with E-state index in [9.17, 15) is 0 Å². The van der Waals surface area contributed by atoms with Crippen molar-refractivity contribution in [3.63, 3.8) is 0 Å². The normalized spacial score (nSPS) is 15.6. The highest BCUT2D eigenvalue weighted by Gasteiger charge is 2.22. The van der Waals surface area contributed by atoms with E-state index < -0.39 is 0 Å². The van der Waals surface area contributed by atoms with E-state index >= 15 is 0 Å². The molecular formula is C21H22BrN3. The second-order valence-corrected chi connectivity index (χ2v) is 7.67. The summed E-state index contributed by atoms with van der Waals surface area (Å²) in [6.45, 7) is 2.11. The smallest absolute Gasteiger partial charge is 0.136 e. The van der Waals surface area contributed by atoms with Crippen molar-refractivity contribution in [2.24, 2.45) is 5.92 Å². The highest BCUT2D eigenvalue weighted by molar-refractivity contribution is 9.10. The van der Waals surface area contributed by atoms with Crippen molar-refractivity contribution in [2.75, 3.05) is 23.7 Å². The SMILES string of the molecule is Nc1c(Br)ccc2c(N3CCC(Cc4ccccc4)CC3)nccc12. The van der Waals surface area contributed by atoms with Gasteiger partial charge < -0.3 is 10.6 Å². The number of halogens is 1. The molecule has 4 rings (SSSR count). The lowest BCUT2D eigenvalue weighted by Crippen LogP contribution is -2.35. The largest absolute Gasteiger partial charge is 0.397 e. The summed E-state index contributed by atoms with van der Waals surface area (Å²) in [5, 5.41) is 2.22. The molecule has 1 saturated heterocycles. The molecule has 1 aliphatic rings. The van der Waals surface area contributed by atoms with Crippen LogP contribution in [0.15, 0.2) is 59.2 Å². The molecule has 25 heavy (non-hydrogen) atoms. The van der Waals surface area contributed by atoms with Crippen molar-refractivity contribution in [1.29, 1.82) is 0 Å². The maximum atomic E-state index is 6.23. The van der Waals surface area contributed by atoms with Crippen LogP contribution in [0.1, 0.15) is 18.4 Å². The Hall–Kier alpha value is -2.07. The Bertz CT molecular complexity index is 871. The number of piperidine rings is 1. The van der Waals surface area contributed by atoms with Gasteiger partial charge in [0.05, 0.1) is 5.69 Å². The number of nitrogens with zero attached hydrogens (tertiary/aromatic N) is 2. The summed E-state index contributed by atoms with van der Waals surface area (Å²) in [4.78, 5) is 7.08. The molecule has 2 N–H and O–H groups in total. The number of fused-ring (bicyclic) bond motifs is 1. The van der Waals surface area contributed by atoms with Crippen LogP contribution in [0.4, 0.5) is 11.5 Å². The summed E-state index contributed by atoms with van der Waals surface area (Å²) in [6.07, 6.45) is 5.46. The molecule has 3 aromatic rings. The van der Waals surface area contributed by atoms with E-state index in [4.69, 9.17) is 5.73 Å². The Labute approximate surface area is 157 Å². The Kier molecular flexibility index (Phi) is 4.62. The van der Waals surface area contributed by atoms with Crippen molar-refractivity contribution in [3.8, 4) is 0 Å². The molecular weight excluding hydrogens is 374 g/mol. The molecule has 4 heteroatoms. The number of anilines is 2. The van der Waals surface area contributed by atoms with Gasteiger partial charge in [-0.1, -0.05) is 30.3 Å². The third kappa shape index (κ3) is 3.36. The fourth-order valence-corrected chi connectivity index (χ4v) is 4.13. The molecule has 0 saturated carbocycles. The fraction of sp³-hybridized carbons (Fsp3) is 0.286. The average molecular weight is 396 g/mol. The predicted molar refractivity (Wildman–Crippen MR) is 109 cm³/mol. The molecule has 2 heterocycles. The van der Waals surface area contributed by atoms with Crippen LogP contribution in [0.2, 0.25) is 0 Å². The molecule has 1 aliphatic heterocycles. The molecule has 0 spiro atoms. The molecule has 1 aromatic heterocycles. The molecule has 2 aromatic carbocycles. The maximum Gasteiger partial charge on any atom is 0.136 e. The summed E-state index contributed by atoms with van der Waals surface area (Å²) in [6, 6.07) is 17.0. The lowest BCUT2D eigenvalue weighted by Gasteiger charge is -2.33. The van der Waals surface area contributed by atoms with Gasteiger partial charge >= 0.3 is 0 Å². The van der Waals surface area contributed by atoms with Gasteiger partial charge in [0.15, 0.2) is 0 Å². The predicted octanol–water partition coefficient (Wildman–Crippen LogP) is 5.04. The summed E-state index contributed by atoms with van der Waals surface area (Å²) in [5.41, 5.74) is 8.47. The number of nitrogens with two attached hydrogens (primary N) is 1. The number of nitrogen functional groups attached to an aromatic ring is 1. The molecule has 0 unspecified atom stereocenters. The first-order chi connectivity index (χ1) is 12.2. The Morgan fingerprint density at radius 3 is 2.52 bits per heavy atom. The van der Waals surface area contributed by atoms with Gasteiger partial charge in [-0.3, -0.25) is 0 Å². The van der Waals surface area contributed by atoms with E-state index in [2.05, 4.69) is 62.2 Å². The van der Waals surface area contributed by atoms with E-state index in [-0.39, 0.29) is 0 Å². The average Bonchev–Trinajstić information content (AvgIpc) is 2.66. The number of benzene rings is 2. The molecule has 128 valence electrons. The van der Waals surface area contributed by atoms with E-state index in [1.165, 1.54) is 24.8 Å². The summed E-state index contributed by atoms with van der Waals surface area (Å²) < 4.78 is 0.943. The quantitative estimate of drug-likeness (QED) is 0.631. The molecule has 0 bridgehead atoms. The first kappa shape index (κ1) is 16.4. The minimum Gasteiger partial charge on any atom is -0.397 e. The van der Waals surface area contributed by atoms with Crippen LogP contribution in [0.25, 0.3) is 10.8 Å². The van der Waals surface area contributed by atoms with Crippen LogP contribution in [-0.2, 0) is 6.42 Å². The van der Waals surface area contributed by atoms with Gasteiger partial charge in [-0.15, -0.1) is 0 Å². The van der Waals surface area contributed by atoms with Crippen molar-refractivity contribution in [1.82, 2.24) is 4.98 Å². The van der Waals surface area contributed by atoms with Crippen LogP contribution < -0.4 is 10.6 Å².